The van der Waals surface area contributed by atoms with Crippen LogP contribution >= 0.6 is 11.8 Å². The maximum absolute atomic E-state index is 12.7. The van der Waals surface area contributed by atoms with Gasteiger partial charge >= 0.3 is 0 Å². The van der Waals surface area contributed by atoms with Crippen molar-refractivity contribution < 1.29 is 13.6 Å². The van der Waals surface area contributed by atoms with Gasteiger partial charge in [0.25, 0.3) is 5.76 Å². The van der Waals surface area contributed by atoms with Gasteiger partial charge in [0.2, 0.25) is 5.91 Å². The number of carbonyl (C=O) groups excluding carboxylic acids is 1. The number of thioether (sulfide) groups is 1. The second-order valence-electron chi connectivity index (χ2n) is 7.45. The Balaban J connectivity index is 1.67. The topological polar surface area (TPSA) is 46.3 Å². The van der Waals surface area contributed by atoms with E-state index in [1.807, 2.05) is 48.5 Å². The van der Waals surface area contributed by atoms with Crippen LogP contribution in [0.2, 0.25) is 0 Å². The molecule has 1 amide bonds. The van der Waals surface area contributed by atoms with E-state index in [-0.39, 0.29) is 12.3 Å². The third kappa shape index (κ3) is 5.45. The molecule has 0 bridgehead atoms. The summed E-state index contributed by atoms with van der Waals surface area (Å²) in [5.74, 6) is -2.83. The fourth-order valence-electron chi connectivity index (χ4n) is 3.65. The summed E-state index contributed by atoms with van der Waals surface area (Å²) in [5.41, 5.74) is 9.09. The van der Waals surface area contributed by atoms with E-state index in [2.05, 4.69) is 35.2 Å². The van der Waals surface area contributed by atoms with E-state index >= 15 is 0 Å². The number of rotatable bonds is 8. The lowest BCUT2D eigenvalue weighted by atomic mass is 10.1. The van der Waals surface area contributed by atoms with Crippen molar-refractivity contribution in [2.75, 3.05) is 4.90 Å². The number of carbonyl (C=O) groups is 1. The second kappa shape index (κ2) is 9.83. The highest BCUT2D eigenvalue weighted by atomic mass is 32.2. The number of halogens is 2. The van der Waals surface area contributed by atoms with Gasteiger partial charge < -0.3 is 10.6 Å². The molecular weight excluding hydrogens is 426 g/mol. The number of primary amides is 1. The molecular formula is C26H22F2N2OS. The van der Waals surface area contributed by atoms with Crippen LogP contribution in [0.25, 0.3) is 10.8 Å². The van der Waals surface area contributed by atoms with Crippen molar-refractivity contribution in [3.63, 3.8) is 0 Å². The SMILES string of the molecule is NC(=O)Cc1ccc(N(Cc2ccc3ccccc3c2)c2ccc(SC(F)F)cc2)cc1. The van der Waals surface area contributed by atoms with Crippen LogP contribution in [-0.4, -0.2) is 11.7 Å². The summed E-state index contributed by atoms with van der Waals surface area (Å²) in [5, 5.41) is 2.33. The van der Waals surface area contributed by atoms with E-state index in [9.17, 15) is 13.6 Å². The third-order valence-corrected chi connectivity index (χ3v) is 5.88. The van der Waals surface area contributed by atoms with Gasteiger partial charge in [-0.15, -0.1) is 0 Å². The Kier molecular flexibility index (Phi) is 6.71. The van der Waals surface area contributed by atoms with E-state index < -0.39 is 5.76 Å². The summed E-state index contributed by atoms with van der Waals surface area (Å²) in [4.78, 5) is 13.9. The predicted octanol–water partition coefficient (Wildman–Crippen LogP) is 6.52. The minimum Gasteiger partial charge on any atom is -0.369 e. The molecule has 4 rings (SSSR count). The standard InChI is InChI=1S/C26H22F2N2OS/c27-26(28)32-24-13-11-23(12-14-24)30(22-9-6-18(7-10-22)16-25(29)31)17-19-5-8-20-3-1-2-4-21(20)15-19/h1-15,26H,16-17H2,(H2,29,31). The molecule has 0 radical (unpaired) electrons. The number of fused-ring (bicyclic) bond motifs is 1. The van der Waals surface area contributed by atoms with Gasteiger partial charge in [-0.25, -0.2) is 0 Å². The first-order valence-corrected chi connectivity index (χ1v) is 11.0. The Hall–Kier alpha value is -3.38. The average Bonchev–Trinajstić information content (AvgIpc) is 2.78. The zero-order valence-electron chi connectivity index (χ0n) is 17.2. The summed E-state index contributed by atoms with van der Waals surface area (Å²) in [7, 11) is 0. The van der Waals surface area contributed by atoms with Crippen molar-refractivity contribution in [2.45, 2.75) is 23.6 Å². The summed E-state index contributed by atoms with van der Waals surface area (Å²) in [6.07, 6.45) is 0.185. The first-order valence-electron chi connectivity index (χ1n) is 10.2. The minimum atomic E-state index is -2.45. The highest BCUT2D eigenvalue weighted by Crippen LogP contribution is 2.32. The van der Waals surface area contributed by atoms with Gasteiger partial charge in [0, 0.05) is 22.8 Å². The molecule has 0 heterocycles. The summed E-state index contributed by atoms with van der Waals surface area (Å²) < 4.78 is 25.4. The molecule has 0 aliphatic rings. The second-order valence-corrected chi connectivity index (χ2v) is 8.51. The first-order chi connectivity index (χ1) is 15.5. The van der Waals surface area contributed by atoms with Crippen molar-refractivity contribution in [1.29, 1.82) is 0 Å². The average molecular weight is 449 g/mol. The molecule has 3 nitrogen and oxygen atoms in total. The van der Waals surface area contributed by atoms with E-state index in [0.29, 0.717) is 23.2 Å². The molecule has 4 aromatic rings. The zero-order valence-corrected chi connectivity index (χ0v) is 18.1. The highest BCUT2D eigenvalue weighted by molar-refractivity contribution is 7.99. The van der Waals surface area contributed by atoms with E-state index in [0.717, 1.165) is 27.9 Å². The van der Waals surface area contributed by atoms with Gasteiger partial charge in [-0.2, -0.15) is 8.78 Å². The van der Waals surface area contributed by atoms with Crippen molar-refractivity contribution in [3.8, 4) is 0 Å². The Bertz CT molecular complexity index is 1210. The van der Waals surface area contributed by atoms with Crippen molar-refractivity contribution in [2.24, 2.45) is 5.73 Å². The van der Waals surface area contributed by atoms with E-state index in [1.54, 1.807) is 12.1 Å². The summed E-state index contributed by atoms with van der Waals surface area (Å²) in [6, 6.07) is 29.3. The van der Waals surface area contributed by atoms with Crippen molar-refractivity contribution in [1.82, 2.24) is 0 Å². The fraction of sp³-hybridized carbons (Fsp3) is 0.115. The van der Waals surface area contributed by atoms with Gasteiger partial charge in [-0.3, -0.25) is 4.79 Å². The lowest BCUT2D eigenvalue weighted by Crippen LogP contribution is -2.17. The van der Waals surface area contributed by atoms with Crippen LogP contribution in [0.5, 0.6) is 0 Å². The molecule has 0 spiro atoms. The van der Waals surface area contributed by atoms with Crippen LogP contribution in [0.4, 0.5) is 20.2 Å². The molecule has 0 fully saturated rings. The Labute approximate surface area is 189 Å². The van der Waals surface area contributed by atoms with Gasteiger partial charge in [-0.05, 0) is 64.4 Å². The van der Waals surface area contributed by atoms with Crippen molar-refractivity contribution in [3.05, 3.63) is 102 Å². The van der Waals surface area contributed by atoms with Gasteiger partial charge in [-0.1, -0.05) is 60.3 Å². The number of hydrogen-bond donors (Lipinski definition) is 1. The highest BCUT2D eigenvalue weighted by Gasteiger charge is 2.13. The minimum absolute atomic E-state index is 0.185. The Morgan fingerprint density at radius 3 is 2.03 bits per heavy atom. The number of nitrogens with zero attached hydrogens (tertiary/aromatic N) is 1. The molecule has 0 aliphatic heterocycles. The third-order valence-electron chi connectivity index (χ3n) is 5.15. The molecule has 6 heteroatoms. The number of hydrogen-bond acceptors (Lipinski definition) is 3. The molecule has 0 aliphatic carbocycles. The maximum Gasteiger partial charge on any atom is 0.288 e. The number of nitrogens with two attached hydrogens (primary N) is 1. The maximum atomic E-state index is 12.7. The molecule has 0 saturated carbocycles. The largest absolute Gasteiger partial charge is 0.369 e. The van der Waals surface area contributed by atoms with E-state index in [4.69, 9.17) is 5.73 Å². The zero-order chi connectivity index (χ0) is 22.5. The monoisotopic (exact) mass is 448 g/mol. The van der Waals surface area contributed by atoms with Gasteiger partial charge in [0.1, 0.15) is 0 Å². The van der Waals surface area contributed by atoms with Crippen LogP contribution < -0.4 is 10.6 Å². The first kappa shape index (κ1) is 21.8. The van der Waals surface area contributed by atoms with E-state index in [1.165, 1.54) is 5.39 Å². The van der Waals surface area contributed by atoms with Crippen LogP contribution in [-0.2, 0) is 17.8 Å². The molecule has 2 N–H and O–H groups in total. The smallest absolute Gasteiger partial charge is 0.288 e. The number of amides is 1. The summed E-state index contributed by atoms with van der Waals surface area (Å²) >= 11 is 0.532. The molecule has 0 saturated heterocycles. The van der Waals surface area contributed by atoms with Crippen molar-refractivity contribution >= 4 is 39.8 Å². The molecule has 0 unspecified atom stereocenters. The number of benzene rings is 4. The van der Waals surface area contributed by atoms with Crippen LogP contribution in [0, 0.1) is 0 Å². The van der Waals surface area contributed by atoms with Gasteiger partial charge in [0.05, 0.1) is 6.42 Å². The number of anilines is 2. The number of alkyl halides is 2. The van der Waals surface area contributed by atoms with Crippen LogP contribution in [0.15, 0.2) is 95.9 Å². The van der Waals surface area contributed by atoms with Crippen LogP contribution in [0.1, 0.15) is 11.1 Å². The molecule has 4 aromatic carbocycles. The van der Waals surface area contributed by atoms with Gasteiger partial charge in [0.15, 0.2) is 0 Å². The normalized spacial score (nSPS) is 11.1. The molecule has 0 aromatic heterocycles. The fourth-order valence-corrected chi connectivity index (χ4v) is 4.15. The Morgan fingerprint density at radius 2 is 1.41 bits per heavy atom. The lowest BCUT2D eigenvalue weighted by molar-refractivity contribution is -0.117. The summed E-state index contributed by atoms with van der Waals surface area (Å²) in [6.45, 7) is 0.599. The lowest BCUT2D eigenvalue weighted by Gasteiger charge is -2.26. The molecule has 162 valence electrons. The molecule has 0 atom stereocenters. The predicted molar refractivity (Wildman–Crippen MR) is 127 cm³/mol. The van der Waals surface area contributed by atoms with Crippen LogP contribution in [0.3, 0.4) is 0 Å². The quantitative estimate of drug-likeness (QED) is 0.312. The molecule has 32 heavy (non-hydrogen) atoms. The Morgan fingerprint density at radius 1 is 0.812 bits per heavy atom.